The Morgan fingerprint density at radius 3 is 1.79 bits per heavy atom. The summed E-state index contributed by atoms with van der Waals surface area (Å²) in [5.41, 5.74) is 2.76. The normalized spacial score (nSPS) is 12.2. The molecule has 0 radical (unpaired) electrons. The Morgan fingerprint density at radius 2 is 1.50 bits per heavy atom. The minimum absolute atomic E-state index is 0. The molecule has 1 N–H and O–H groups in total. The van der Waals surface area contributed by atoms with Gasteiger partial charge in [-0.3, -0.25) is 6.08 Å². The first-order valence-corrected chi connectivity index (χ1v) is 9.73. The third-order valence-corrected chi connectivity index (χ3v) is 3.50. The smallest absolute Gasteiger partial charge is 1.00 e. The maximum Gasteiger partial charge on any atom is -1.00 e. The topological polar surface area (TPSA) is 29.5 Å². The van der Waals surface area contributed by atoms with Crippen LogP contribution in [-0.2, 0) is 25.4 Å². The number of aromatic hydroxyl groups is 1. The number of benzene rings is 1. The number of hydrogen-bond donors (Lipinski definition) is 1. The Labute approximate surface area is 196 Å². The number of phenols is 1. The van der Waals surface area contributed by atoms with Crippen LogP contribution in [0.15, 0.2) is 35.9 Å². The summed E-state index contributed by atoms with van der Waals surface area (Å²) >= 11 is 2.08. The molecule has 2 rings (SSSR count). The monoisotopic (exact) mass is 461 g/mol. The second-order valence-corrected chi connectivity index (χ2v) is 10.2. The number of hydrogen-bond acceptors (Lipinski definition) is 2. The van der Waals surface area contributed by atoms with E-state index in [9.17, 15) is 5.11 Å². The van der Waals surface area contributed by atoms with Crippen molar-refractivity contribution in [1.82, 2.24) is 0 Å². The van der Waals surface area contributed by atoms with Crippen molar-refractivity contribution in [3.8, 4) is 11.5 Å². The number of ether oxygens (including phenoxy) is 1. The zero-order valence-corrected chi connectivity index (χ0v) is 21.8. The van der Waals surface area contributed by atoms with Gasteiger partial charge in [0, 0.05) is 6.07 Å². The fraction of sp³-hybridized carbons (Fsp3) is 0.522. The maximum absolute atomic E-state index is 9.41. The van der Waals surface area contributed by atoms with Gasteiger partial charge in [-0.05, 0) is 28.5 Å². The first-order valence-electron chi connectivity index (χ1n) is 8.95. The van der Waals surface area contributed by atoms with Crippen LogP contribution >= 0.6 is 0 Å². The van der Waals surface area contributed by atoms with E-state index in [-0.39, 0.29) is 36.0 Å². The van der Waals surface area contributed by atoms with Crippen molar-refractivity contribution in [2.24, 2.45) is 5.41 Å². The van der Waals surface area contributed by atoms with Crippen LogP contribution in [-0.4, -0.2) is 16.0 Å². The molecule has 28 heavy (non-hydrogen) atoms. The molecule has 1 aromatic rings. The number of methoxy groups -OCH3 is 1. The Balaban J connectivity index is -0.000000366. The average molecular weight is 462 g/mol. The zero-order valence-electron chi connectivity index (χ0n) is 18.7. The standard InChI is InChI=1S/C11H16O2.C9H13.C3H6.2ClH.Ti/c1-11(2,3)8-5-9(12)7-10(6-8)13-4;1-9(2,3)8-6-4-5-7-8;1-3-2;;;/h5-7,12H,1-4H3;4,6H,5H2,1-3H3;1-2H3;2*1H;/q;-1;;;;+1/p-2. The van der Waals surface area contributed by atoms with Gasteiger partial charge in [-0.1, -0.05) is 41.5 Å². The van der Waals surface area contributed by atoms with Gasteiger partial charge in [-0.15, -0.1) is 6.42 Å². The molecule has 2 nitrogen and oxygen atoms in total. The molecular weight excluding hydrogens is 427 g/mol. The largest absolute Gasteiger partial charge is 1.00 e. The number of rotatable bonds is 1. The molecule has 0 spiro atoms. The van der Waals surface area contributed by atoms with Crippen molar-refractivity contribution in [2.45, 2.75) is 67.2 Å². The predicted octanol–water partition coefficient (Wildman–Crippen LogP) is 0.174. The first kappa shape index (κ1) is 32.1. The van der Waals surface area contributed by atoms with Crippen LogP contribution in [0.3, 0.4) is 0 Å². The maximum atomic E-state index is 9.41. The summed E-state index contributed by atoms with van der Waals surface area (Å²) < 4.78 is 6.49. The fourth-order valence-electron chi connectivity index (χ4n) is 2.05. The van der Waals surface area contributed by atoms with Crippen LogP contribution in [0, 0.1) is 11.5 Å². The van der Waals surface area contributed by atoms with Gasteiger partial charge in [-0.25, -0.2) is 11.6 Å². The number of phenolic OH excluding ortho intramolecular Hbond substituents is 1. The molecule has 0 bridgehead atoms. The van der Waals surface area contributed by atoms with Crippen LogP contribution in [0.4, 0.5) is 0 Å². The molecule has 0 fully saturated rings. The summed E-state index contributed by atoms with van der Waals surface area (Å²) in [6, 6.07) is 5.32. The molecule has 159 valence electrons. The summed E-state index contributed by atoms with van der Waals surface area (Å²) in [7, 11) is 1.60. The van der Waals surface area contributed by atoms with Gasteiger partial charge in [0.2, 0.25) is 0 Å². The van der Waals surface area contributed by atoms with E-state index < -0.39 is 0 Å². The summed E-state index contributed by atoms with van der Waals surface area (Å²) in [5.74, 6) is 0.953. The van der Waals surface area contributed by atoms with Crippen molar-refractivity contribution >= 4 is 3.81 Å². The van der Waals surface area contributed by atoms with E-state index in [4.69, 9.17) is 4.74 Å². The van der Waals surface area contributed by atoms with E-state index >= 15 is 0 Å². The van der Waals surface area contributed by atoms with Crippen molar-refractivity contribution in [3.05, 3.63) is 47.6 Å². The van der Waals surface area contributed by atoms with Crippen molar-refractivity contribution < 1.29 is 54.6 Å². The summed E-state index contributed by atoms with van der Waals surface area (Å²) in [5, 5.41) is 9.41. The molecule has 0 saturated heterocycles. The molecule has 0 saturated carbocycles. The second-order valence-electron chi connectivity index (χ2n) is 8.62. The Bertz CT molecular complexity index is 648. The predicted molar refractivity (Wildman–Crippen MR) is 110 cm³/mol. The molecule has 0 unspecified atom stereocenters. The minimum atomic E-state index is 0. The van der Waals surface area contributed by atoms with Gasteiger partial charge in [0.25, 0.3) is 0 Å². The molecular formula is C23H35Cl2O2Ti-2. The molecule has 1 aliphatic carbocycles. The fourth-order valence-corrected chi connectivity index (χ4v) is 2.05. The first-order chi connectivity index (χ1) is 11.8. The molecule has 0 atom stereocenters. The summed E-state index contributed by atoms with van der Waals surface area (Å²) in [6.07, 6.45) is 8.63. The van der Waals surface area contributed by atoms with Gasteiger partial charge in [0.1, 0.15) is 11.5 Å². The molecule has 0 amide bonds. The van der Waals surface area contributed by atoms with Crippen molar-refractivity contribution in [2.75, 3.05) is 7.11 Å². The Morgan fingerprint density at radius 1 is 1.00 bits per heavy atom. The summed E-state index contributed by atoms with van der Waals surface area (Å²) in [4.78, 5) is 0. The number of allylic oxidation sites excluding steroid dienone is 4. The van der Waals surface area contributed by atoms with Crippen molar-refractivity contribution in [1.29, 1.82) is 0 Å². The van der Waals surface area contributed by atoms with E-state index in [1.165, 1.54) is 9.38 Å². The molecule has 0 heterocycles. The number of halogens is 2. The van der Waals surface area contributed by atoms with Crippen LogP contribution in [0.25, 0.3) is 0 Å². The van der Waals surface area contributed by atoms with Crippen LogP contribution in [0.5, 0.6) is 11.5 Å². The van der Waals surface area contributed by atoms with E-state index in [1.54, 1.807) is 19.2 Å². The van der Waals surface area contributed by atoms with Gasteiger partial charge in [-0.2, -0.15) is 6.08 Å². The molecule has 1 aromatic carbocycles. The van der Waals surface area contributed by atoms with Gasteiger partial charge in [0.05, 0.1) is 7.11 Å². The third kappa shape index (κ3) is 14.5. The SMILES string of the molecule is CC(C)(C)C1=[C-]CC=C1.COc1cc(O)cc(C(C)(C)C)c1.C[C](C)=[Ti+].[Cl-].[Cl-]. The third-order valence-electron chi connectivity index (χ3n) is 3.50. The minimum Gasteiger partial charge on any atom is -1.00 e. The molecule has 0 aromatic heterocycles. The van der Waals surface area contributed by atoms with Crippen molar-refractivity contribution in [3.63, 3.8) is 0 Å². The Hall–Kier alpha value is -0.536. The summed E-state index contributed by atoms with van der Waals surface area (Å²) in [6.45, 7) is 17.1. The van der Waals surface area contributed by atoms with Gasteiger partial charge < -0.3 is 34.7 Å². The van der Waals surface area contributed by atoms with Crippen LogP contribution in [0.1, 0.15) is 67.4 Å². The van der Waals surface area contributed by atoms with Crippen LogP contribution < -0.4 is 29.6 Å². The second kappa shape index (κ2) is 14.4. The molecule has 0 aliphatic heterocycles. The van der Waals surface area contributed by atoms with E-state index in [0.717, 1.165) is 12.0 Å². The quantitative estimate of drug-likeness (QED) is 0.477. The average Bonchev–Trinajstić information content (AvgIpc) is 3.00. The van der Waals surface area contributed by atoms with Gasteiger partial charge >= 0.3 is 37.6 Å². The zero-order chi connectivity index (χ0) is 20.5. The Kier molecular flexibility index (Phi) is 16.6. The van der Waals surface area contributed by atoms with E-state index in [2.05, 4.69) is 93.6 Å². The van der Waals surface area contributed by atoms with E-state index in [0.29, 0.717) is 11.2 Å². The molecule has 1 aliphatic rings. The van der Waals surface area contributed by atoms with Crippen LogP contribution in [0.2, 0.25) is 0 Å². The molecule has 5 heteroatoms. The van der Waals surface area contributed by atoms with E-state index in [1.807, 2.05) is 6.07 Å². The van der Waals surface area contributed by atoms with Gasteiger partial charge in [0.15, 0.2) is 0 Å².